The van der Waals surface area contributed by atoms with Gasteiger partial charge in [0.25, 0.3) is 0 Å². The molecular weight excluding hydrogens is 461 g/mol. The van der Waals surface area contributed by atoms with Gasteiger partial charge < -0.3 is 20.1 Å². The van der Waals surface area contributed by atoms with Gasteiger partial charge in [-0.15, -0.1) is 0 Å². The van der Waals surface area contributed by atoms with Gasteiger partial charge in [0.1, 0.15) is 12.4 Å². The third-order valence-corrected chi connectivity index (χ3v) is 6.67. The van der Waals surface area contributed by atoms with Crippen molar-refractivity contribution in [3.63, 3.8) is 0 Å². The predicted molar refractivity (Wildman–Crippen MR) is 127 cm³/mol. The van der Waals surface area contributed by atoms with Crippen molar-refractivity contribution in [3.05, 3.63) is 80.2 Å². The Bertz CT molecular complexity index is 1230. The topological polar surface area (TPSA) is 88.6 Å². The molecular formula is C25H23Cl2N3O3. The van der Waals surface area contributed by atoms with Crippen molar-refractivity contribution in [2.45, 2.75) is 31.8 Å². The highest BCUT2D eigenvalue weighted by molar-refractivity contribution is 6.35. The molecule has 1 aliphatic heterocycles. The summed E-state index contributed by atoms with van der Waals surface area (Å²) in [5, 5.41) is 11.0. The van der Waals surface area contributed by atoms with Crippen molar-refractivity contribution in [3.8, 4) is 17.6 Å². The Morgan fingerprint density at radius 1 is 1.18 bits per heavy atom. The monoisotopic (exact) mass is 483 g/mol. The third kappa shape index (κ3) is 4.27. The molecule has 6 nitrogen and oxygen atoms in total. The first-order valence-corrected chi connectivity index (χ1v) is 11.3. The van der Waals surface area contributed by atoms with Crippen LogP contribution in [-0.2, 0) is 11.4 Å². The van der Waals surface area contributed by atoms with E-state index >= 15 is 0 Å². The molecule has 2 N–H and O–H groups in total. The highest BCUT2D eigenvalue weighted by atomic mass is 35.5. The van der Waals surface area contributed by atoms with Gasteiger partial charge in [0, 0.05) is 40.3 Å². The van der Waals surface area contributed by atoms with Crippen LogP contribution >= 0.6 is 23.2 Å². The Morgan fingerprint density at radius 2 is 1.97 bits per heavy atom. The van der Waals surface area contributed by atoms with Crippen LogP contribution in [0.25, 0.3) is 0 Å². The van der Waals surface area contributed by atoms with Crippen molar-refractivity contribution in [2.75, 3.05) is 14.2 Å². The summed E-state index contributed by atoms with van der Waals surface area (Å²) in [6.07, 6.45) is 1.98. The lowest BCUT2D eigenvalue weighted by molar-refractivity contribution is -0.116. The SMILES string of the molecule is COc1cc([C@H]2C(C#N)=C(N)N(C)C3=C2C(=O)CCC3)ccc1OCc1ccc(Cl)cc1Cl. The average molecular weight is 484 g/mol. The molecule has 0 radical (unpaired) electrons. The molecule has 2 aromatic rings. The summed E-state index contributed by atoms with van der Waals surface area (Å²) >= 11 is 12.2. The molecule has 33 heavy (non-hydrogen) atoms. The molecule has 0 aromatic heterocycles. The van der Waals surface area contributed by atoms with Crippen LogP contribution in [0.3, 0.4) is 0 Å². The number of halogens is 2. The van der Waals surface area contributed by atoms with E-state index in [1.165, 1.54) is 0 Å². The fraction of sp³-hybridized carbons (Fsp3) is 0.280. The zero-order chi connectivity index (χ0) is 23.7. The summed E-state index contributed by atoms with van der Waals surface area (Å²) in [7, 11) is 3.35. The number of rotatable bonds is 5. The van der Waals surface area contributed by atoms with E-state index in [9.17, 15) is 10.1 Å². The molecule has 4 rings (SSSR count). The Labute approximate surface area is 202 Å². The van der Waals surface area contributed by atoms with Crippen molar-refractivity contribution in [2.24, 2.45) is 5.73 Å². The highest BCUT2D eigenvalue weighted by Crippen LogP contribution is 2.45. The average Bonchev–Trinajstić information content (AvgIpc) is 2.81. The summed E-state index contributed by atoms with van der Waals surface area (Å²) in [4.78, 5) is 14.7. The lowest BCUT2D eigenvalue weighted by atomic mass is 9.76. The molecule has 1 atom stereocenters. The number of allylic oxidation sites excluding steroid dienone is 3. The molecule has 8 heteroatoms. The molecule has 1 aliphatic carbocycles. The van der Waals surface area contributed by atoms with Crippen LogP contribution < -0.4 is 15.2 Å². The second kappa shape index (κ2) is 9.38. The van der Waals surface area contributed by atoms with Gasteiger partial charge in [-0.1, -0.05) is 35.3 Å². The van der Waals surface area contributed by atoms with E-state index in [0.717, 1.165) is 29.7 Å². The maximum atomic E-state index is 12.9. The first kappa shape index (κ1) is 23.0. The minimum Gasteiger partial charge on any atom is -0.493 e. The smallest absolute Gasteiger partial charge is 0.161 e. The van der Waals surface area contributed by atoms with Crippen LogP contribution in [0.15, 0.2) is 59.1 Å². The minimum atomic E-state index is -0.539. The summed E-state index contributed by atoms with van der Waals surface area (Å²) in [5.74, 6) is 0.873. The van der Waals surface area contributed by atoms with Crippen LogP contribution in [0.4, 0.5) is 0 Å². The summed E-state index contributed by atoms with van der Waals surface area (Å²) < 4.78 is 11.5. The van der Waals surface area contributed by atoms with Crippen molar-refractivity contribution in [1.82, 2.24) is 4.90 Å². The van der Waals surface area contributed by atoms with Gasteiger partial charge in [-0.25, -0.2) is 0 Å². The number of hydrogen-bond acceptors (Lipinski definition) is 6. The molecule has 2 aromatic carbocycles. The lowest BCUT2D eigenvalue weighted by Crippen LogP contribution is -2.36. The van der Waals surface area contributed by atoms with Gasteiger partial charge >= 0.3 is 0 Å². The quantitative estimate of drug-likeness (QED) is 0.619. The number of nitriles is 1. The Kier molecular flexibility index (Phi) is 6.55. The van der Waals surface area contributed by atoms with E-state index in [1.54, 1.807) is 49.4 Å². The number of methoxy groups -OCH3 is 1. The van der Waals surface area contributed by atoms with E-state index in [2.05, 4.69) is 6.07 Å². The zero-order valence-corrected chi connectivity index (χ0v) is 19.8. The Balaban J connectivity index is 1.70. The lowest BCUT2D eigenvalue weighted by Gasteiger charge is -2.37. The Morgan fingerprint density at radius 3 is 2.67 bits per heavy atom. The van der Waals surface area contributed by atoms with Gasteiger partial charge in [-0.3, -0.25) is 4.79 Å². The van der Waals surface area contributed by atoms with Crippen LogP contribution in [0.1, 0.15) is 36.3 Å². The number of hydrogen-bond donors (Lipinski definition) is 1. The molecule has 170 valence electrons. The molecule has 0 bridgehead atoms. The molecule has 0 fully saturated rings. The second-order valence-electron chi connectivity index (χ2n) is 7.97. The first-order valence-electron chi connectivity index (χ1n) is 10.5. The molecule has 0 saturated carbocycles. The van der Waals surface area contributed by atoms with Crippen LogP contribution in [0.2, 0.25) is 10.0 Å². The number of ether oxygens (including phenoxy) is 2. The number of ketones is 1. The third-order valence-electron chi connectivity index (χ3n) is 6.09. The van der Waals surface area contributed by atoms with E-state index in [1.807, 2.05) is 6.07 Å². The molecule has 0 unspecified atom stereocenters. The fourth-order valence-corrected chi connectivity index (χ4v) is 4.84. The number of carbonyl (C=O) groups excluding carboxylic acids is 1. The first-order chi connectivity index (χ1) is 15.8. The van der Waals surface area contributed by atoms with Gasteiger partial charge in [0.15, 0.2) is 17.3 Å². The number of nitrogens with zero attached hydrogens (tertiary/aromatic N) is 2. The van der Waals surface area contributed by atoms with Crippen LogP contribution in [0, 0.1) is 11.3 Å². The fourth-order valence-electron chi connectivity index (χ4n) is 4.37. The zero-order valence-electron chi connectivity index (χ0n) is 18.3. The summed E-state index contributed by atoms with van der Waals surface area (Å²) in [6.45, 7) is 0.226. The highest BCUT2D eigenvalue weighted by Gasteiger charge is 2.38. The van der Waals surface area contributed by atoms with Gasteiger partial charge in [-0.2, -0.15) is 5.26 Å². The van der Waals surface area contributed by atoms with Crippen molar-refractivity contribution in [1.29, 1.82) is 5.26 Å². The number of benzene rings is 2. The summed E-state index contributed by atoms with van der Waals surface area (Å²) in [5.41, 5.74) is 9.72. The van der Waals surface area contributed by atoms with Gasteiger partial charge in [0.05, 0.1) is 24.7 Å². The van der Waals surface area contributed by atoms with E-state index in [4.69, 9.17) is 38.4 Å². The molecule has 0 spiro atoms. The second-order valence-corrected chi connectivity index (χ2v) is 8.82. The predicted octanol–water partition coefficient (Wildman–Crippen LogP) is 5.31. The normalized spacial score (nSPS) is 18.2. The molecule has 0 saturated heterocycles. The molecule has 2 aliphatic rings. The molecule has 0 amide bonds. The van der Waals surface area contributed by atoms with Gasteiger partial charge in [0.2, 0.25) is 0 Å². The largest absolute Gasteiger partial charge is 0.493 e. The Hall–Kier alpha value is -3.14. The van der Waals surface area contributed by atoms with E-state index in [-0.39, 0.29) is 12.4 Å². The molecule has 1 heterocycles. The maximum absolute atomic E-state index is 12.9. The minimum absolute atomic E-state index is 0.0463. The van der Waals surface area contributed by atoms with Crippen LogP contribution in [-0.4, -0.2) is 24.8 Å². The number of carbonyl (C=O) groups is 1. The number of nitrogens with two attached hydrogens (primary N) is 1. The standard InChI is InChI=1S/C25H23Cl2N3O3/c1-30-19-4-3-5-20(31)24(19)23(17(12-28)25(30)29)14-7-9-21(22(10-14)32-2)33-13-15-6-8-16(26)11-18(15)27/h6-11,23H,3-5,13,29H2,1-2H3/t23-/m0/s1. The van der Waals surface area contributed by atoms with E-state index < -0.39 is 5.92 Å². The summed E-state index contributed by atoms with van der Waals surface area (Å²) in [6, 6.07) is 12.9. The van der Waals surface area contributed by atoms with E-state index in [0.29, 0.717) is 44.9 Å². The number of Topliss-reactive ketones (excluding diaryl/α,β-unsaturated/α-hetero) is 1. The van der Waals surface area contributed by atoms with Crippen LogP contribution in [0.5, 0.6) is 11.5 Å². The van der Waals surface area contributed by atoms with Crippen molar-refractivity contribution >= 4 is 29.0 Å². The van der Waals surface area contributed by atoms with Crippen molar-refractivity contribution < 1.29 is 14.3 Å². The maximum Gasteiger partial charge on any atom is 0.161 e. The van der Waals surface area contributed by atoms with Gasteiger partial charge in [-0.05, 0) is 42.7 Å².